The predicted octanol–water partition coefficient (Wildman–Crippen LogP) is 13.7. The van der Waals surface area contributed by atoms with Crippen LogP contribution in [0.15, 0.2) is 122 Å². The fraction of sp³-hybridized carbons (Fsp3) is 0.227. The number of rotatable bonds is 6. The summed E-state index contributed by atoms with van der Waals surface area (Å²) in [4.78, 5) is 3.86. The Morgan fingerprint density at radius 1 is 0.284 bits per heavy atom. The van der Waals surface area contributed by atoms with Gasteiger partial charge in [0.05, 0.1) is 62.5 Å². The van der Waals surface area contributed by atoms with Crippen LogP contribution in [0.1, 0.15) is 55.6 Å². The van der Waals surface area contributed by atoms with Gasteiger partial charge >= 0.3 is 55.6 Å². The van der Waals surface area contributed by atoms with E-state index in [1.165, 1.54) is 12.1 Å². The van der Waals surface area contributed by atoms with E-state index in [1.54, 1.807) is 24.8 Å². The molecule has 0 saturated heterocycles. The molecular formula is C44H22BF27N2. The smallest absolute Gasteiger partial charge is 0.252 e. The third-order valence-electron chi connectivity index (χ3n) is 10.8. The van der Waals surface area contributed by atoms with Gasteiger partial charge < -0.3 is 0 Å². The van der Waals surface area contributed by atoms with Crippen molar-refractivity contribution in [2.24, 2.45) is 0 Å². The Hall–Kier alpha value is -6.65. The Morgan fingerprint density at radius 3 is 0.676 bits per heavy atom. The van der Waals surface area contributed by atoms with Crippen molar-refractivity contribution in [1.29, 1.82) is 0 Å². The topological polar surface area (TPSA) is 16.8 Å². The van der Waals surface area contributed by atoms with Crippen molar-refractivity contribution in [1.82, 2.24) is 4.98 Å². The molecule has 0 aliphatic heterocycles. The summed E-state index contributed by atoms with van der Waals surface area (Å²) < 4.78 is 380. The van der Waals surface area contributed by atoms with E-state index in [4.69, 9.17) is 0 Å². The van der Waals surface area contributed by atoms with Crippen molar-refractivity contribution in [3.8, 4) is 0 Å². The molecule has 5 aromatic carbocycles. The van der Waals surface area contributed by atoms with Gasteiger partial charge in [0.25, 0.3) is 0 Å². The third kappa shape index (κ3) is 13.5. The number of nitrogens with zero attached hydrogens (tertiary/aromatic N) is 2. The molecule has 0 radical (unpaired) electrons. The number of alkyl halides is 27. The summed E-state index contributed by atoms with van der Waals surface area (Å²) in [7, 11) is 0. The lowest BCUT2D eigenvalue weighted by atomic mass is 9.12. The summed E-state index contributed by atoms with van der Waals surface area (Å²) in [5.41, 5.74) is -30.0. The molecule has 0 spiro atoms. The average molecular weight is 1100 g/mol. The molecule has 0 N–H and O–H groups in total. The first kappa shape index (κ1) is 58.2. The lowest BCUT2D eigenvalue weighted by Crippen LogP contribution is -2.75. The van der Waals surface area contributed by atoms with Gasteiger partial charge in [-0.05, 0) is 36.4 Å². The molecule has 0 fully saturated rings. The summed E-state index contributed by atoms with van der Waals surface area (Å²) in [6, 6.07) is -3.66. The number of hydrogen-bond acceptors (Lipinski definition) is 1. The SMILES string of the molecule is FC(F)(F)c1cc([B-](c2cc(C(F)(F)F)cc(C(F)(F)F)c2)(c2cc(C(F)(F)F)cc(C(F)(F)F)c2)c2cc(C(F)(F)F)cc(C(F)(F)F)c2)cc(C(F)(F)F)c1.FC(F)(F)c1ccc(C[n+]2ccncc2)cc1. The molecule has 0 bridgehead atoms. The van der Waals surface area contributed by atoms with Crippen LogP contribution in [0.25, 0.3) is 0 Å². The highest BCUT2D eigenvalue weighted by Crippen LogP contribution is 2.41. The number of aromatic nitrogens is 2. The van der Waals surface area contributed by atoms with Crippen LogP contribution in [-0.2, 0) is 62.1 Å². The van der Waals surface area contributed by atoms with E-state index in [2.05, 4.69) is 4.98 Å². The normalized spacial score (nSPS) is 13.7. The van der Waals surface area contributed by atoms with E-state index in [0.717, 1.165) is 17.7 Å². The van der Waals surface area contributed by atoms with Crippen LogP contribution in [-0.4, -0.2) is 11.1 Å². The van der Waals surface area contributed by atoms with Crippen molar-refractivity contribution in [2.75, 3.05) is 0 Å². The fourth-order valence-corrected chi connectivity index (χ4v) is 7.53. The molecule has 0 amide bonds. The molecule has 6 rings (SSSR count). The maximum Gasteiger partial charge on any atom is 0.416 e. The molecule has 0 aliphatic carbocycles. The Balaban J connectivity index is 0.000000500. The summed E-state index contributed by atoms with van der Waals surface area (Å²) in [6.45, 7) is 0.528. The number of hydrogen-bond donors (Lipinski definition) is 0. The van der Waals surface area contributed by atoms with Gasteiger partial charge in [-0.15, -0.1) is 0 Å². The Morgan fingerprint density at radius 2 is 0.486 bits per heavy atom. The van der Waals surface area contributed by atoms with E-state index in [0.29, 0.717) is 6.54 Å². The monoisotopic (exact) mass is 1100 g/mol. The van der Waals surface area contributed by atoms with Crippen LogP contribution in [0.3, 0.4) is 0 Å². The Kier molecular flexibility index (Phi) is 15.4. The summed E-state index contributed by atoms with van der Waals surface area (Å²) >= 11 is 0. The highest BCUT2D eigenvalue weighted by Gasteiger charge is 2.47. The van der Waals surface area contributed by atoms with Crippen LogP contribution < -0.4 is 26.4 Å². The molecule has 0 atom stereocenters. The zero-order chi connectivity index (χ0) is 56.2. The fourth-order valence-electron chi connectivity index (χ4n) is 7.53. The zero-order valence-electron chi connectivity index (χ0n) is 35.4. The minimum Gasteiger partial charge on any atom is -0.252 e. The highest BCUT2D eigenvalue weighted by atomic mass is 19.4. The second kappa shape index (κ2) is 19.6. The van der Waals surface area contributed by atoms with Gasteiger partial charge in [0.1, 0.15) is 6.15 Å². The second-order valence-corrected chi connectivity index (χ2v) is 15.8. The molecule has 74 heavy (non-hydrogen) atoms. The summed E-state index contributed by atoms with van der Waals surface area (Å²) in [6.07, 6.45) is -52.3. The lowest BCUT2D eigenvalue weighted by Gasteiger charge is -2.46. The zero-order valence-corrected chi connectivity index (χ0v) is 35.4. The maximum absolute atomic E-state index is 14.2. The second-order valence-electron chi connectivity index (χ2n) is 15.8. The van der Waals surface area contributed by atoms with Crippen molar-refractivity contribution >= 4 is 28.0 Å². The van der Waals surface area contributed by atoms with E-state index >= 15 is 0 Å². The van der Waals surface area contributed by atoms with Gasteiger partial charge in [0, 0.05) is 5.56 Å². The largest absolute Gasteiger partial charge is 0.416 e. The quantitative estimate of drug-likeness (QED) is 0.0923. The average Bonchev–Trinajstić information content (AvgIpc) is 3.24. The molecule has 2 nitrogen and oxygen atoms in total. The van der Waals surface area contributed by atoms with Crippen LogP contribution >= 0.6 is 0 Å². The van der Waals surface area contributed by atoms with Crippen molar-refractivity contribution in [3.63, 3.8) is 0 Å². The van der Waals surface area contributed by atoms with Crippen molar-refractivity contribution < 1.29 is 123 Å². The molecule has 6 aromatic rings. The molecule has 0 saturated carbocycles. The van der Waals surface area contributed by atoms with Gasteiger partial charge in [-0.2, -0.15) is 145 Å². The van der Waals surface area contributed by atoms with Gasteiger partial charge in [0.2, 0.25) is 0 Å². The Bertz CT molecular complexity index is 2500. The van der Waals surface area contributed by atoms with E-state index < -0.39 is 206 Å². The molecular weight excluding hydrogens is 1080 g/mol. The standard InChI is InChI=1S/C32H12BF24.C12H10F3N2/c34-25(35,36)13-1-14(26(37,38)39)6-21(5-13)33(22-7-15(27(40,41)42)2-16(8-22)28(43,44)45,23-9-17(29(46,47)48)3-18(10-23)30(49,50)51)24-11-19(31(52,53)54)4-20(12-24)32(55,56)57;13-12(14,15)11-3-1-10(2-4-11)9-17-7-5-16-6-8-17/h1-12H;1-8H,9H2/q-1;+1. The Labute approximate surface area is 395 Å². The summed E-state index contributed by atoms with van der Waals surface area (Å²) in [5, 5.41) is 0. The lowest BCUT2D eigenvalue weighted by molar-refractivity contribution is -0.688. The van der Waals surface area contributed by atoms with Crippen LogP contribution in [0, 0.1) is 0 Å². The first-order chi connectivity index (χ1) is 33.3. The number of halogens is 27. The van der Waals surface area contributed by atoms with E-state index in [9.17, 15) is 119 Å². The first-order valence-corrected chi connectivity index (χ1v) is 19.6. The highest BCUT2D eigenvalue weighted by molar-refractivity contribution is 7.20. The van der Waals surface area contributed by atoms with E-state index in [-0.39, 0.29) is 0 Å². The maximum atomic E-state index is 14.2. The van der Waals surface area contributed by atoms with Gasteiger partial charge in [0.15, 0.2) is 18.9 Å². The van der Waals surface area contributed by atoms with Crippen LogP contribution in [0.5, 0.6) is 0 Å². The molecule has 0 unspecified atom stereocenters. The molecule has 30 heteroatoms. The van der Waals surface area contributed by atoms with Crippen molar-refractivity contribution in [2.45, 2.75) is 62.1 Å². The predicted molar refractivity (Wildman–Crippen MR) is 205 cm³/mol. The third-order valence-corrected chi connectivity index (χ3v) is 10.8. The molecule has 0 aliphatic rings. The van der Waals surface area contributed by atoms with Gasteiger partial charge in [-0.25, -0.2) is 0 Å². The minimum absolute atomic E-state index is 0.528. The summed E-state index contributed by atoms with van der Waals surface area (Å²) in [5.74, 6) is 0. The minimum atomic E-state index is -6.13. The van der Waals surface area contributed by atoms with Gasteiger partial charge in [-0.1, -0.05) is 60.7 Å². The molecule has 1 heterocycles. The molecule has 1 aromatic heterocycles. The van der Waals surface area contributed by atoms with Crippen LogP contribution in [0.2, 0.25) is 0 Å². The van der Waals surface area contributed by atoms with Crippen molar-refractivity contribution in [3.05, 3.63) is 177 Å². The first-order valence-electron chi connectivity index (χ1n) is 19.6. The number of benzene rings is 5. The van der Waals surface area contributed by atoms with Crippen LogP contribution in [0.4, 0.5) is 119 Å². The molecule has 400 valence electrons. The van der Waals surface area contributed by atoms with Gasteiger partial charge in [-0.3, -0.25) is 4.98 Å². The van der Waals surface area contributed by atoms with E-state index in [1.807, 2.05) is 4.57 Å².